The number of nitrogens with zero attached hydrogens (tertiary/aromatic N) is 4. The number of H-pyrrole nitrogens is 1. The number of aliphatic carboxylic acids is 1. The molecule has 14 heteroatoms. The van der Waals surface area contributed by atoms with Crippen LogP contribution in [0.4, 0.5) is 18.9 Å². The lowest BCUT2D eigenvalue weighted by Crippen LogP contribution is -2.28. The molecule has 1 aromatic carbocycles. The maximum atomic E-state index is 12.7. The second kappa shape index (κ2) is 10.4. The molecule has 1 aliphatic heterocycles. The minimum absolute atomic E-state index is 0.166. The first-order chi connectivity index (χ1) is 17.6. The number of carbonyl (C=O) groups is 2. The van der Waals surface area contributed by atoms with Gasteiger partial charge in [0.2, 0.25) is 0 Å². The Balaban J connectivity index is 0.000000405. The molecule has 0 atom stereocenters. The number of alkyl halides is 3. The van der Waals surface area contributed by atoms with E-state index in [-0.39, 0.29) is 17.4 Å². The molecule has 1 aliphatic rings. The van der Waals surface area contributed by atoms with Gasteiger partial charge in [-0.3, -0.25) is 14.3 Å². The number of piperidine rings is 1. The van der Waals surface area contributed by atoms with Crippen molar-refractivity contribution in [1.82, 2.24) is 29.7 Å². The highest BCUT2D eigenvalue weighted by Gasteiger charge is 2.38. The average molecular weight is 519 g/mol. The van der Waals surface area contributed by atoms with Gasteiger partial charge in [-0.25, -0.2) is 9.31 Å². The minimum Gasteiger partial charge on any atom is -0.475 e. The van der Waals surface area contributed by atoms with Crippen LogP contribution in [-0.2, 0) is 11.3 Å². The molecule has 0 radical (unpaired) electrons. The fourth-order valence-corrected chi connectivity index (χ4v) is 4.14. The largest absolute Gasteiger partial charge is 0.490 e. The third kappa shape index (κ3) is 5.63. The smallest absolute Gasteiger partial charge is 0.475 e. The van der Waals surface area contributed by atoms with Crippen LogP contribution in [0.25, 0.3) is 16.6 Å². The van der Waals surface area contributed by atoms with Gasteiger partial charge >= 0.3 is 12.1 Å². The van der Waals surface area contributed by atoms with E-state index >= 15 is 0 Å². The van der Waals surface area contributed by atoms with Crippen molar-refractivity contribution in [1.29, 1.82) is 0 Å². The number of halogens is 3. The van der Waals surface area contributed by atoms with Gasteiger partial charge < -0.3 is 20.7 Å². The number of nitrogens with one attached hydrogen (secondary N) is 3. The molecule has 1 saturated heterocycles. The van der Waals surface area contributed by atoms with Crippen LogP contribution in [0.1, 0.15) is 41.9 Å². The van der Waals surface area contributed by atoms with Gasteiger partial charge in [0, 0.05) is 24.7 Å². The molecule has 0 spiro atoms. The van der Waals surface area contributed by atoms with Crippen molar-refractivity contribution in [2.75, 3.05) is 18.4 Å². The molecule has 4 N–H and O–H groups in total. The Morgan fingerprint density at radius 2 is 1.89 bits per heavy atom. The Labute approximate surface area is 207 Å². The zero-order valence-corrected chi connectivity index (χ0v) is 19.7. The van der Waals surface area contributed by atoms with E-state index in [9.17, 15) is 22.8 Å². The van der Waals surface area contributed by atoms with E-state index < -0.39 is 12.1 Å². The summed E-state index contributed by atoms with van der Waals surface area (Å²) in [6.07, 6.45) is -1.40. The summed E-state index contributed by atoms with van der Waals surface area (Å²) < 4.78 is 35.3. The summed E-state index contributed by atoms with van der Waals surface area (Å²) in [6, 6.07) is 8.87. The zero-order chi connectivity index (χ0) is 26.7. The lowest BCUT2D eigenvalue weighted by Gasteiger charge is -2.23. The highest BCUT2D eigenvalue weighted by atomic mass is 19.4. The van der Waals surface area contributed by atoms with Crippen molar-refractivity contribution in [2.45, 2.75) is 38.4 Å². The Hall–Kier alpha value is -4.20. The maximum absolute atomic E-state index is 12.7. The number of anilines is 1. The van der Waals surface area contributed by atoms with E-state index in [1.54, 1.807) is 23.0 Å². The molecule has 1 amide bonds. The topological polar surface area (TPSA) is 146 Å². The maximum Gasteiger partial charge on any atom is 0.490 e. The first-order valence-corrected chi connectivity index (χ1v) is 11.5. The third-order valence-corrected chi connectivity index (χ3v) is 5.91. The molecule has 196 valence electrons. The molecule has 37 heavy (non-hydrogen) atoms. The summed E-state index contributed by atoms with van der Waals surface area (Å²) in [7, 11) is 0. The van der Waals surface area contributed by atoms with Crippen molar-refractivity contribution in [3.8, 4) is 0 Å². The average Bonchev–Trinajstić information content (AvgIpc) is 3.49. The molecule has 0 unspecified atom stereocenters. The fraction of sp³-hybridized carbons (Fsp3) is 0.348. The van der Waals surface area contributed by atoms with Crippen molar-refractivity contribution < 1.29 is 27.9 Å². The summed E-state index contributed by atoms with van der Waals surface area (Å²) in [5.74, 6) is -2.79. The van der Waals surface area contributed by atoms with E-state index in [1.165, 1.54) is 0 Å². The minimum atomic E-state index is -5.08. The van der Waals surface area contributed by atoms with Crippen LogP contribution in [0, 0.1) is 0 Å². The van der Waals surface area contributed by atoms with Gasteiger partial charge in [0.25, 0.3) is 11.5 Å². The van der Waals surface area contributed by atoms with E-state index in [2.05, 4.69) is 20.7 Å². The second-order valence-electron chi connectivity index (χ2n) is 8.36. The zero-order valence-electron chi connectivity index (χ0n) is 19.7. The van der Waals surface area contributed by atoms with Crippen molar-refractivity contribution in [2.24, 2.45) is 0 Å². The quantitative estimate of drug-likeness (QED) is 0.324. The molecular weight excluding hydrogens is 495 g/mol. The first kappa shape index (κ1) is 25.9. The number of aryl methyl sites for hydroxylation is 1. The van der Waals surface area contributed by atoms with Gasteiger partial charge in [-0.05, 0) is 51.1 Å². The Bertz CT molecular complexity index is 1500. The number of hydrogen-bond acceptors (Lipinski definition) is 6. The Morgan fingerprint density at radius 1 is 1.19 bits per heavy atom. The van der Waals surface area contributed by atoms with E-state index in [4.69, 9.17) is 15.0 Å². The van der Waals surface area contributed by atoms with Crippen LogP contribution in [0.2, 0.25) is 0 Å². The van der Waals surface area contributed by atoms with Gasteiger partial charge in [-0.1, -0.05) is 6.07 Å². The van der Waals surface area contributed by atoms with Crippen LogP contribution in [0.5, 0.6) is 0 Å². The molecule has 1 fully saturated rings. The summed E-state index contributed by atoms with van der Waals surface area (Å²) in [4.78, 5) is 37.0. The molecule has 0 bridgehead atoms. The molecular formula is C23H24F3N7O4. The van der Waals surface area contributed by atoms with Crippen molar-refractivity contribution in [3.05, 3.63) is 58.3 Å². The van der Waals surface area contributed by atoms with Gasteiger partial charge in [-0.15, -0.1) is 0 Å². The molecule has 4 aromatic rings. The number of carboxylic acid groups (broad SMARTS) is 1. The van der Waals surface area contributed by atoms with Crippen molar-refractivity contribution >= 4 is 34.1 Å². The van der Waals surface area contributed by atoms with E-state index in [0.717, 1.165) is 31.6 Å². The number of benzene rings is 1. The number of aromatic amines is 1. The Kier molecular flexibility index (Phi) is 7.29. The van der Waals surface area contributed by atoms with Gasteiger partial charge in [0.05, 0.1) is 22.3 Å². The van der Waals surface area contributed by atoms with E-state index in [0.29, 0.717) is 34.5 Å². The number of aromatic nitrogens is 5. The predicted octanol–water partition coefficient (Wildman–Crippen LogP) is 2.74. The predicted molar refractivity (Wildman–Crippen MR) is 128 cm³/mol. The molecule has 11 nitrogen and oxygen atoms in total. The van der Waals surface area contributed by atoms with Crippen LogP contribution >= 0.6 is 0 Å². The molecule has 0 aliphatic carbocycles. The van der Waals surface area contributed by atoms with Gasteiger partial charge in [0.15, 0.2) is 5.69 Å². The summed E-state index contributed by atoms with van der Waals surface area (Å²) in [5, 5.41) is 23.1. The second-order valence-corrected chi connectivity index (χ2v) is 8.36. The summed E-state index contributed by atoms with van der Waals surface area (Å²) in [5.41, 5.74) is 2.99. The number of rotatable bonds is 4. The number of hydrogen-bond donors (Lipinski definition) is 4. The lowest BCUT2D eigenvalue weighted by atomic mass is 9.94. The lowest BCUT2D eigenvalue weighted by molar-refractivity contribution is -0.192. The normalized spacial score (nSPS) is 14.4. The van der Waals surface area contributed by atoms with Crippen LogP contribution in [0.15, 0.2) is 41.3 Å². The fourth-order valence-electron chi connectivity index (χ4n) is 4.14. The molecule has 5 rings (SSSR count). The summed E-state index contributed by atoms with van der Waals surface area (Å²) >= 11 is 0. The van der Waals surface area contributed by atoms with Gasteiger partial charge in [-0.2, -0.15) is 23.4 Å². The molecule has 3 aromatic heterocycles. The highest BCUT2D eigenvalue weighted by Crippen LogP contribution is 2.30. The monoisotopic (exact) mass is 519 g/mol. The number of carbonyl (C=O) groups excluding carboxylic acids is 1. The molecule has 4 heterocycles. The summed E-state index contributed by atoms with van der Waals surface area (Å²) in [6.45, 7) is 4.50. The molecule has 0 saturated carbocycles. The number of fused-ring (bicyclic) bond motifs is 3. The van der Waals surface area contributed by atoms with Crippen molar-refractivity contribution in [3.63, 3.8) is 0 Å². The standard InChI is InChI=1S/C21H23N7O2.C2HF3O2/c1-2-27-11-8-16(25-27)21(30)23-14-4-3-5-15-19(14)20-24-18(29)12-17(28(20)26-15)13-6-9-22-10-7-13;3-2(4,5)1(6)7/h3-5,8,11-13,22H,2,6-7,9-10H2,1H3,(H,23,30)(H,24,29);(H,6,7). The Morgan fingerprint density at radius 3 is 2.51 bits per heavy atom. The number of amides is 1. The van der Waals surface area contributed by atoms with Crippen LogP contribution in [0.3, 0.4) is 0 Å². The third-order valence-electron chi connectivity index (χ3n) is 5.91. The highest BCUT2D eigenvalue weighted by molar-refractivity contribution is 6.11. The van der Waals surface area contributed by atoms with Crippen LogP contribution in [-0.4, -0.2) is 60.6 Å². The van der Waals surface area contributed by atoms with Crippen LogP contribution < -0.4 is 16.2 Å². The first-order valence-electron chi connectivity index (χ1n) is 11.5. The van der Waals surface area contributed by atoms with E-state index in [1.807, 2.05) is 29.6 Å². The SMILES string of the molecule is CCn1ccc(C(=O)Nc2cccc3nn4c(C5CCNCC5)cc(=O)[nH]c4c23)n1.O=C(O)C(F)(F)F. The van der Waals surface area contributed by atoms with Gasteiger partial charge in [0.1, 0.15) is 5.65 Å². The number of carboxylic acids is 1.